The van der Waals surface area contributed by atoms with Crippen molar-refractivity contribution in [1.29, 1.82) is 0 Å². The van der Waals surface area contributed by atoms with Crippen LogP contribution in [0, 0.1) is 30.2 Å². The summed E-state index contributed by atoms with van der Waals surface area (Å²) in [6.07, 6.45) is 9.18. The molecule has 2 aromatic heterocycles. The predicted octanol–water partition coefficient (Wildman–Crippen LogP) is 10.6. The van der Waals surface area contributed by atoms with Crippen LogP contribution < -0.4 is 28.3 Å². The molecule has 286 valence electrons. The molecule has 0 amide bonds. The molecule has 1 N–H and O–H groups in total. The molecular formula is C43H49F4LiO4S2. The SMILES string of the molecule is C.CCOc1ccc2c(sc3c(F)c(C4(O)CCCC4)ccc32)c1F.CCOc1ccc2c(sc3c(F)cccc32)c1F.O=C1CCCC1.[CH2-]CCC.[Li+]. The minimum atomic E-state index is -1.09. The molecule has 0 spiro atoms. The van der Waals surface area contributed by atoms with E-state index >= 15 is 4.39 Å². The quantitative estimate of drug-likeness (QED) is 0.104. The third-order valence-electron chi connectivity index (χ3n) is 9.22. The van der Waals surface area contributed by atoms with Gasteiger partial charge in [-0.05, 0) is 69.9 Å². The van der Waals surface area contributed by atoms with Crippen molar-refractivity contribution in [2.75, 3.05) is 13.2 Å². The number of unbranched alkanes of at least 4 members (excludes halogenated alkanes) is 1. The number of hydrogen-bond acceptors (Lipinski definition) is 6. The summed E-state index contributed by atoms with van der Waals surface area (Å²) in [6, 6.07) is 15.0. The van der Waals surface area contributed by atoms with Gasteiger partial charge in [0.2, 0.25) is 0 Å². The van der Waals surface area contributed by atoms with Crippen LogP contribution in [0.2, 0.25) is 0 Å². The Morgan fingerprint density at radius 2 is 1.13 bits per heavy atom. The van der Waals surface area contributed by atoms with Gasteiger partial charge in [0.05, 0.1) is 37.6 Å². The molecule has 4 aromatic carbocycles. The molecule has 0 atom stereocenters. The van der Waals surface area contributed by atoms with Gasteiger partial charge >= 0.3 is 18.9 Å². The number of fused-ring (bicyclic) bond motifs is 6. The van der Waals surface area contributed by atoms with Crippen molar-refractivity contribution in [2.45, 2.75) is 98.0 Å². The molecule has 0 aliphatic heterocycles. The Balaban J connectivity index is 0.000000230. The fourth-order valence-electron chi connectivity index (χ4n) is 6.49. The van der Waals surface area contributed by atoms with Gasteiger partial charge in [0, 0.05) is 39.9 Å². The molecule has 0 saturated heterocycles. The molecule has 0 bridgehead atoms. The van der Waals surface area contributed by atoms with Gasteiger partial charge in [0.1, 0.15) is 17.4 Å². The molecule has 11 heteroatoms. The Morgan fingerprint density at radius 3 is 1.57 bits per heavy atom. The summed E-state index contributed by atoms with van der Waals surface area (Å²) in [5.41, 5.74) is -0.756. The van der Waals surface area contributed by atoms with Crippen LogP contribution in [0.25, 0.3) is 40.3 Å². The maximum atomic E-state index is 15.1. The molecule has 2 aliphatic rings. The minimum absolute atomic E-state index is 0. The fraction of sp³-hybridized carbons (Fsp3) is 0.395. The number of carbonyl (C=O) groups is 1. The third-order valence-corrected chi connectivity index (χ3v) is 11.7. The molecule has 2 aliphatic carbocycles. The van der Waals surface area contributed by atoms with E-state index in [0.29, 0.717) is 67.0 Å². The van der Waals surface area contributed by atoms with E-state index in [1.54, 1.807) is 62.4 Å². The van der Waals surface area contributed by atoms with E-state index in [9.17, 15) is 23.1 Å². The summed E-state index contributed by atoms with van der Waals surface area (Å²) in [5.74, 6) is -0.730. The average Bonchev–Trinajstić information content (AvgIpc) is 3.96. The zero-order chi connectivity index (χ0) is 37.4. The first-order chi connectivity index (χ1) is 25.1. The summed E-state index contributed by atoms with van der Waals surface area (Å²) < 4.78 is 69.8. The van der Waals surface area contributed by atoms with Crippen LogP contribution in [0.5, 0.6) is 11.5 Å². The van der Waals surface area contributed by atoms with E-state index < -0.39 is 23.1 Å². The van der Waals surface area contributed by atoms with Crippen molar-refractivity contribution in [3.63, 3.8) is 0 Å². The minimum Gasteiger partial charge on any atom is -0.491 e. The summed E-state index contributed by atoms with van der Waals surface area (Å²) in [6.45, 7) is 10.1. The van der Waals surface area contributed by atoms with Crippen molar-refractivity contribution in [3.05, 3.63) is 90.4 Å². The van der Waals surface area contributed by atoms with Crippen molar-refractivity contribution in [2.24, 2.45) is 0 Å². The number of ketones is 1. The van der Waals surface area contributed by atoms with Crippen LogP contribution in [0.3, 0.4) is 0 Å². The number of thiophene rings is 2. The first kappa shape index (κ1) is 45.3. The zero-order valence-corrected chi connectivity index (χ0v) is 32.5. The number of rotatable bonds is 6. The molecule has 0 unspecified atom stereocenters. The Labute approximate surface area is 336 Å². The zero-order valence-electron chi connectivity index (χ0n) is 30.9. The van der Waals surface area contributed by atoms with Crippen molar-refractivity contribution in [1.82, 2.24) is 0 Å². The van der Waals surface area contributed by atoms with Crippen LogP contribution >= 0.6 is 22.7 Å². The van der Waals surface area contributed by atoms with Gasteiger partial charge in [-0.15, -0.1) is 22.7 Å². The summed E-state index contributed by atoms with van der Waals surface area (Å²) in [4.78, 5) is 10.2. The number of benzene rings is 4. The van der Waals surface area contributed by atoms with E-state index in [4.69, 9.17) is 9.47 Å². The van der Waals surface area contributed by atoms with Gasteiger partial charge in [0.15, 0.2) is 23.1 Å². The van der Waals surface area contributed by atoms with Crippen molar-refractivity contribution < 1.29 is 55.8 Å². The molecule has 2 fully saturated rings. The van der Waals surface area contributed by atoms with E-state index in [1.807, 2.05) is 0 Å². The standard InChI is InChI=1S/C19H18F2O2S.C14H10F2OS.C5H8O.C4H9.CH4.Li/c1-2-23-14-8-6-12-11-5-7-13(19(22)9-3-4-10-19)15(20)17(11)24-18(12)16(14)21;1-2-17-11-7-6-9-8-4-3-5-10(15)13(8)18-14(9)12(11)16;6-5-3-1-2-4-5;1-3-4-2;;/h5-8,22H,2-4,9-10H2,1H3;3-7H,2H2,1H3;1-4H2;1,3-4H2,2H3;1H4;/q;;;-1;;+1. The second-order valence-electron chi connectivity index (χ2n) is 12.8. The van der Waals surface area contributed by atoms with Gasteiger partial charge in [0.25, 0.3) is 0 Å². The van der Waals surface area contributed by atoms with E-state index in [2.05, 4.69) is 13.8 Å². The van der Waals surface area contributed by atoms with E-state index in [-0.39, 0.29) is 43.6 Å². The normalized spacial score (nSPS) is 14.4. The third kappa shape index (κ3) is 9.80. The van der Waals surface area contributed by atoms with Crippen LogP contribution in [0.1, 0.15) is 98.0 Å². The maximum Gasteiger partial charge on any atom is 1.00 e. The van der Waals surface area contributed by atoms with Crippen LogP contribution in [-0.4, -0.2) is 24.1 Å². The molecule has 4 nitrogen and oxygen atoms in total. The topological polar surface area (TPSA) is 55.8 Å². The average molecular weight is 777 g/mol. The largest absolute Gasteiger partial charge is 1.00 e. The number of aliphatic hydroxyl groups is 1. The Kier molecular flexibility index (Phi) is 17.3. The summed E-state index contributed by atoms with van der Waals surface area (Å²) in [7, 11) is 0. The van der Waals surface area contributed by atoms with Crippen LogP contribution in [0.4, 0.5) is 17.6 Å². The van der Waals surface area contributed by atoms with E-state index in [1.165, 1.54) is 12.5 Å². The number of ether oxygens (including phenoxy) is 2. The smallest absolute Gasteiger partial charge is 0.491 e. The number of carbonyl (C=O) groups excluding carboxylic acids is 1. The Morgan fingerprint density at radius 1 is 0.685 bits per heavy atom. The van der Waals surface area contributed by atoms with Gasteiger partial charge in [-0.2, -0.15) is 6.42 Å². The number of halogens is 4. The first-order valence-corrected chi connectivity index (χ1v) is 19.6. The predicted molar refractivity (Wildman–Crippen MR) is 214 cm³/mol. The molecule has 8 rings (SSSR count). The fourth-order valence-corrected chi connectivity index (χ4v) is 8.79. The van der Waals surface area contributed by atoms with Gasteiger partial charge in [-0.3, -0.25) is 4.79 Å². The monoisotopic (exact) mass is 776 g/mol. The maximum absolute atomic E-state index is 15.1. The van der Waals surface area contributed by atoms with Crippen molar-refractivity contribution >= 4 is 68.8 Å². The van der Waals surface area contributed by atoms with Crippen LogP contribution in [-0.2, 0) is 10.4 Å². The van der Waals surface area contributed by atoms with Crippen molar-refractivity contribution in [3.8, 4) is 11.5 Å². The van der Waals surface area contributed by atoms with E-state index in [0.717, 1.165) is 78.4 Å². The second-order valence-corrected chi connectivity index (χ2v) is 14.9. The molecule has 2 saturated carbocycles. The van der Waals surface area contributed by atoms with Gasteiger partial charge in [-0.1, -0.05) is 57.9 Å². The molecule has 2 heterocycles. The van der Waals surface area contributed by atoms with Gasteiger partial charge < -0.3 is 21.5 Å². The summed E-state index contributed by atoms with van der Waals surface area (Å²) >= 11 is 2.21. The molecular weight excluding hydrogens is 728 g/mol. The second kappa shape index (κ2) is 20.7. The first-order valence-electron chi connectivity index (χ1n) is 18.0. The molecule has 54 heavy (non-hydrogen) atoms. The number of hydrogen-bond donors (Lipinski definition) is 1. The summed E-state index contributed by atoms with van der Waals surface area (Å²) in [5, 5.41) is 13.6. The Hall–Kier alpha value is -3.13. The molecule has 6 aromatic rings. The number of Topliss-reactive ketones (excluding diaryl/α,β-unsaturated/α-hetero) is 1. The Bertz CT molecular complexity index is 2150. The van der Waals surface area contributed by atoms with Gasteiger partial charge in [-0.25, -0.2) is 17.6 Å². The van der Waals surface area contributed by atoms with Crippen LogP contribution in [0.15, 0.2) is 54.6 Å². The molecule has 0 radical (unpaired) electrons.